The Balaban J connectivity index is 2.28. The summed E-state index contributed by atoms with van der Waals surface area (Å²) in [7, 11) is 0. The Morgan fingerprint density at radius 1 is 1.53 bits per heavy atom. The van der Waals surface area contributed by atoms with Crippen LogP contribution in [0.3, 0.4) is 0 Å². The lowest BCUT2D eigenvalue weighted by Crippen LogP contribution is -2.08. The summed E-state index contributed by atoms with van der Waals surface area (Å²) in [5.74, 6) is -1.11. The molecule has 6 heteroatoms. The van der Waals surface area contributed by atoms with Crippen LogP contribution in [-0.2, 0) is 6.54 Å². The summed E-state index contributed by atoms with van der Waals surface area (Å²) in [6, 6.07) is 1.33. The minimum atomic E-state index is -0.647. The number of nitrogens with zero attached hydrogens (tertiary/aromatic N) is 3. The molecule has 2 heterocycles. The first kappa shape index (κ1) is 11.4. The Labute approximate surface area is 97.1 Å². The SMILES string of the molecule is NCCn1cnc(C(=O)c2ccncc2F)c1. The van der Waals surface area contributed by atoms with Crippen LogP contribution in [0.4, 0.5) is 4.39 Å². The molecule has 2 rings (SSSR count). The second kappa shape index (κ2) is 4.84. The molecule has 0 atom stereocenters. The molecule has 2 N–H and O–H groups in total. The van der Waals surface area contributed by atoms with Crippen molar-refractivity contribution in [3.63, 3.8) is 0 Å². The first-order valence-corrected chi connectivity index (χ1v) is 5.08. The number of ketones is 1. The highest BCUT2D eigenvalue weighted by Gasteiger charge is 2.16. The van der Waals surface area contributed by atoms with Gasteiger partial charge in [-0.3, -0.25) is 9.78 Å². The minimum Gasteiger partial charge on any atom is -0.335 e. The Morgan fingerprint density at radius 2 is 2.35 bits per heavy atom. The van der Waals surface area contributed by atoms with Gasteiger partial charge in [-0.15, -0.1) is 0 Å². The summed E-state index contributed by atoms with van der Waals surface area (Å²) in [5.41, 5.74) is 5.55. The van der Waals surface area contributed by atoms with E-state index in [1.807, 2.05) is 0 Å². The van der Waals surface area contributed by atoms with Crippen LogP contribution >= 0.6 is 0 Å². The molecule has 0 aliphatic heterocycles. The number of hydrogen-bond donors (Lipinski definition) is 1. The summed E-state index contributed by atoms with van der Waals surface area (Å²) in [5, 5.41) is 0. The zero-order valence-corrected chi connectivity index (χ0v) is 9.01. The number of carbonyl (C=O) groups is 1. The molecule has 0 bridgehead atoms. The molecular formula is C11H11FN4O. The number of imidazole rings is 1. The molecule has 88 valence electrons. The average molecular weight is 234 g/mol. The van der Waals surface area contributed by atoms with Crippen molar-refractivity contribution in [1.82, 2.24) is 14.5 Å². The Hall–Kier alpha value is -2.08. The predicted octanol–water partition coefficient (Wildman–Crippen LogP) is 0.607. The van der Waals surface area contributed by atoms with Crippen LogP contribution in [0.15, 0.2) is 31.0 Å². The molecule has 0 aliphatic carbocycles. The van der Waals surface area contributed by atoms with E-state index in [1.165, 1.54) is 18.6 Å². The third-order valence-electron chi connectivity index (χ3n) is 2.27. The van der Waals surface area contributed by atoms with Crippen LogP contribution in [0, 0.1) is 5.82 Å². The van der Waals surface area contributed by atoms with Gasteiger partial charge in [0.2, 0.25) is 5.78 Å². The maximum Gasteiger partial charge on any atom is 0.215 e. The van der Waals surface area contributed by atoms with Crippen LogP contribution in [0.2, 0.25) is 0 Å². The van der Waals surface area contributed by atoms with Crippen LogP contribution in [0.25, 0.3) is 0 Å². The van der Waals surface area contributed by atoms with Gasteiger partial charge >= 0.3 is 0 Å². The molecule has 2 aromatic rings. The van der Waals surface area contributed by atoms with Crippen molar-refractivity contribution in [3.8, 4) is 0 Å². The third kappa shape index (κ3) is 2.36. The second-order valence-electron chi connectivity index (χ2n) is 3.47. The van der Waals surface area contributed by atoms with Crippen molar-refractivity contribution < 1.29 is 9.18 Å². The molecule has 0 aliphatic rings. The third-order valence-corrected chi connectivity index (χ3v) is 2.27. The monoisotopic (exact) mass is 234 g/mol. The second-order valence-corrected chi connectivity index (χ2v) is 3.47. The van der Waals surface area contributed by atoms with E-state index in [1.54, 1.807) is 10.8 Å². The van der Waals surface area contributed by atoms with Crippen molar-refractivity contribution >= 4 is 5.78 Å². The Morgan fingerprint density at radius 3 is 3.06 bits per heavy atom. The number of aromatic nitrogens is 3. The molecular weight excluding hydrogens is 223 g/mol. The lowest BCUT2D eigenvalue weighted by molar-refractivity contribution is 0.103. The Kier molecular flexibility index (Phi) is 3.24. The van der Waals surface area contributed by atoms with Gasteiger partial charge in [0.15, 0.2) is 5.82 Å². The topological polar surface area (TPSA) is 73.8 Å². The summed E-state index contributed by atoms with van der Waals surface area (Å²) in [6.07, 6.45) is 5.42. The summed E-state index contributed by atoms with van der Waals surface area (Å²) in [6.45, 7) is 1.02. The van der Waals surface area contributed by atoms with E-state index in [2.05, 4.69) is 9.97 Å². The summed E-state index contributed by atoms with van der Waals surface area (Å²) in [4.78, 5) is 19.4. The average Bonchev–Trinajstić information content (AvgIpc) is 2.78. The van der Waals surface area contributed by atoms with Gasteiger partial charge in [-0.2, -0.15) is 0 Å². The van der Waals surface area contributed by atoms with Crippen molar-refractivity contribution in [2.75, 3.05) is 6.54 Å². The molecule has 0 spiro atoms. The first-order valence-electron chi connectivity index (χ1n) is 5.08. The number of carbonyl (C=O) groups excluding carboxylic acids is 1. The molecule has 0 unspecified atom stereocenters. The number of nitrogens with two attached hydrogens (primary N) is 1. The summed E-state index contributed by atoms with van der Waals surface area (Å²) >= 11 is 0. The number of rotatable bonds is 4. The number of hydrogen-bond acceptors (Lipinski definition) is 4. The van der Waals surface area contributed by atoms with Gasteiger partial charge in [0.05, 0.1) is 18.1 Å². The van der Waals surface area contributed by atoms with Crippen molar-refractivity contribution in [3.05, 3.63) is 48.1 Å². The molecule has 17 heavy (non-hydrogen) atoms. The van der Waals surface area contributed by atoms with Crippen molar-refractivity contribution in [1.29, 1.82) is 0 Å². The fraction of sp³-hybridized carbons (Fsp3) is 0.182. The zero-order chi connectivity index (χ0) is 12.3. The van der Waals surface area contributed by atoms with Gasteiger partial charge in [-0.1, -0.05) is 0 Å². The lowest BCUT2D eigenvalue weighted by atomic mass is 10.1. The van der Waals surface area contributed by atoms with Crippen molar-refractivity contribution in [2.45, 2.75) is 6.54 Å². The first-order chi connectivity index (χ1) is 8.22. The van der Waals surface area contributed by atoms with Crippen LogP contribution in [-0.4, -0.2) is 26.9 Å². The molecule has 5 nitrogen and oxygen atoms in total. The number of pyridine rings is 1. The van der Waals surface area contributed by atoms with Crippen molar-refractivity contribution in [2.24, 2.45) is 5.73 Å². The van der Waals surface area contributed by atoms with E-state index in [4.69, 9.17) is 5.73 Å². The lowest BCUT2D eigenvalue weighted by Gasteiger charge is -1.98. The summed E-state index contributed by atoms with van der Waals surface area (Å²) < 4.78 is 15.0. The van der Waals surface area contributed by atoms with Gasteiger partial charge in [0.25, 0.3) is 0 Å². The zero-order valence-electron chi connectivity index (χ0n) is 9.01. The highest BCUT2D eigenvalue weighted by molar-refractivity contribution is 6.07. The minimum absolute atomic E-state index is 0.0296. The fourth-order valence-corrected chi connectivity index (χ4v) is 1.45. The Bertz CT molecular complexity index is 538. The van der Waals surface area contributed by atoms with Crippen LogP contribution in [0.1, 0.15) is 16.1 Å². The largest absolute Gasteiger partial charge is 0.335 e. The predicted molar refractivity (Wildman–Crippen MR) is 58.9 cm³/mol. The fourth-order valence-electron chi connectivity index (χ4n) is 1.45. The van der Waals surface area contributed by atoms with E-state index >= 15 is 0 Å². The molecule has 0 saturated carbocycles. The normalized spacial score (nSPS) is 10.5. The maximum absolute atomic E-state index is 13.3. The molecule has 2 aromatic heterocycles. The quantitative estimate of drug-likeness (QED) is 0.786. The van der Waals surface area contributed by atoms with E-state index in [0.29, 0.717) is 13.1 Å². The highest BCUT2D eigenvalue weighted by atomic mass is 19.1. The van der Waals surface area contributed by atoms with Crippen LogP contribution < -0.4 is 5.73 Å². The van der Waals surface area contributed by atoms with E-state index in [-0.39, 0.29) is 11.3 Å². The van der Waals surface area contributed by atoms with E-state index in [9.17, 15) is 9.18 Å². The van der Waals surface area contributed by atoms with Gasteiger partial charge in [-0.25, -0.2) is 9.37 Å². The van der Waals surface area contributed by atoms with E-state index in [0.717, 1.165) is 6.20 Å². The number of halogens is 1. The smallest absolute Gasteiger partial charge is 0.215 e. The highest BCUT2D eigenvalue weighted by Crippen LogP contribution is 2.10. The maximum atomic E-state index is 13.3. The van der Waals surface area contributed by atoms with Gasteiger partial charge in [0, 0.05) is 25.5 Å². The van der Waals surface area contributed by atoms with Crippen LogP contribution in [0.5, 0.6) is 0 Å². The van der Waals surface area contributed by atoms with Gasteiger partial charge < -0.3 is 10.3 Å². The molecule has 0 aromatic carbocycles. The molecule has 0 radical (unpaired) electrons. The molecule has 0 fully saturated rings. The standard InChI is InChI=1S/C11H11FN4O/c12-9-5-14-3-1-8(9)11(17)10-6-16(4-2-13)7-15-10/h1,3,5-7H,2,4,13H2. The van der Waals surface area contributed by atoms with E-state index < -0.39 is 11.6 Å². The molecule has 0 amide bonds. The van der Waals surface area contributed by atoms with Gasteiger partial charge in [-0.05, 0) is 6.07 Å². The molecule has 0 saturated heterocycles. The van der Waals surface area contributed by atoms with Gasteiger partial charge in [0.1, 0.15) is 5.69 Å².